The Balaban J connectivity index is 1.47. The lowest BCUT2D eigenvalue weighted by atomic mass is 10.1. The lowest BCUT2D eigenvalue weighted by Gasteiger charge is -2.34. The Bertz CT molecular complexity index is 814. The normalized spacial score (nSPS) is 15.4. The fraction of sp³-hybridized carbons (Fsp3) is 0.318. The van der Waals surface area contributed by atoms with E-state index in [9.17, 15) is 13.6 Å². The summed E-state index contributed by atoms with van der Waals surface area (Å²) in [7, 11) is 0. The number of piperazine rings is 1. The van der Waals surface area contributed by atoms with E-state index in [1.54, 1.807) is 18.2 Å². The molecule has 0 radical (unpaired) electrons. The Hall–Kier alpha value is -2.73. The van der Waals surface area contributed by atoms with Crippen molar-refractivity contribution >= 4 is 12.0 Å². The monoisotopic (exact) mass is 386 g/mol. The van der Waals surface area contributed by atoms with Crippen molar-refractivity contribution in [3.8, 4) is 5.75 Å². The second-order valence-corrected chi connectivity index (χ2v) is 6.87. The molecule has 0 unspecified atom stereocenters. The smallest absolute Gasteiger partial charge is 0.387 e. The molecular weight excluding hydrogens is 362 g/mol. The van der Waals surface area contributed by atoms with Gasteiger partial charge in [-0.1, -0.05) is 42.0 Å². The van der Waals surface area contributed by atoms with Crippen molar-refractivity contribution in [1.29, 1.82) is 0 Å². The minimum Gasteiger partial charge on any atom is -0.435 e. The van der Waals surface area contributed by atoms with Gasteiger partial charge in [0.05, 0.1) is 0 Å². The molecule has 6 heteroatoms. The highest BCUT2D eigenvalue weighted by Gasteiger charge is 2.19. The Morgan fingerprint density at radius 2 is 1.82 bits per heavy atom. The molecule has 2 aromatic rings. The minimum atomic E-state index is -2.84. The zero-order valence-corrected chi connectivity index (χ0v) is 15.9. The van der Waals surface area contributed by atoms with E-state index >= 15 is 0 Å². The minimum absolute atomic E-state index is 0.0388. The standard InChI is InChI=1S/C22H24F2N2O2/c1-17-3-2-4-19(15-17)16-25-11-13-26(14-12-25)21(27)10-7-18-5-8-20(9-6-18)28-22(23)24/h2-10,15,22H,11-14,16H2,1H3/b10-7-. The summed E-state index contributed by atoms with van der Waals surface area (Å²) in [4.78, 5) is 16.6. The maximum Gasteiger partial charge on any atom is 0.387 e. The van der Waals surface area contributed by atoms with Crippen molar-refractivity contribution in [2.24, 2.45) is 0 Å². The number of amides is 1. The Morgan fingerprint density at radius 1 is 1.11 bits per heavy atom. The van der Waals surface area contributed by atoms with Gasteiger partial charge in [0.25, 0.3) is 0 Å². The van der Waals surface area contributed by atoms with Gasteiger partial charge >= 0.3 is 6.61 Å². The average molecular weight is 386 g/mol. The number of ether oxygens (including phenoxy) is 1. The van der Waals surface area contributed by atoms with Gasteiger partial charge in [-0.15, -0.1) is 0 Å². The Labute approximate surface area is 164 Å². The summed E-state index contributed by atoms with van der Waals surface area (Å²) in [6.45, 7) is 3.21. The van der Waals surface area contributed by atoms with Crippen LogP contribution in [0.25, 0.3) is 6.08 Å². The van der Waals surface area contributed by atoms with E-state index < -0.39 is 6.61 Å². The molecule has 0 aliphatic carbocycles. The first-order valence-corrected chi connectivity index (χ1v) is 9.29. The molecule has 2 aromatic carbocycles. The van der Waals surface area contributed by atoms with E-state index in [0.29, 0.717) is 13.1 Å². The number of benzene rings is 2. The molecule has 0 bridgehead atoms. The molecule has 1 amide bonds. The van der Waals surface area contributed by atoms with Gasteiger partial charge in [0.2, 0.25) is 5.91 Å². The number of hydrogen-bond donors (Lipinski definition) is 0. The molecular formula is C22H24F2N2O2. The first-order valence-electron chi connectivity index (χ1n) is 9.29. The largest absolute Gasteiger partial charge is 0.435 e. The summed E-state index contributed by atoms with van der Waals surface area (Å²) in [5.74, 6) is 0.0614. The quantitative estimate of drug-likeness (QED) is 0.705. The predicted octanol–water partition coefficient (Wildman–Crippen LogP) is 3.95. The topological polar surface area (TPSA) is 32.8 Å². The highest BCUT2D eigenvalue weighted by molar-refractivity contribution is 5.91. The third-order valence-corrected chi connectivity index (χ3v) is 4.70. The number of rotatable bonds is 6. The Morgan fingerprint density at radius 3 is 2.46 bits per heavy atom. The third kappa shape index (κ3) is 5.89. The molecule has 0 N–H and O–H groups in total. The number of hydrogen-bond acceptors (Lipinski definition) is 3. The van der Waals surface area contributed by atoms with Crippen molar-refractivity contribution in [3.05, 3.63) is 71.3 Å². The van der Waals surface area contributed by atoms with E-state index in [-0.39, 0.29) is 11.7 Å². The molecule has 1 heterocycles. The van der Waals surface area contributed by atoms with Crippen molar-refractivity contribution in [3.63, 3.8) is 0 Å². The van der Waals surface area contributed by atoms with Crippen LogP contribution in [0.1, 0.15) is 16.7 Å². The van der Waals surface area contributed by atoms with Crippen LogP contribution in [0.4, 0.5) is 8.78 Å². The number of aryl methyl sites for hydroxylation is 1. The SMILES string of the molecule is Cc1cccc(CN2CCN(C(=O)/C=C\c3ccc(OC(F)F)cc3)CC2)c1. The van der Waals surface area contributed by atoms with Crippen LogP contribution in [0.15, 0.2) is 54.6 Å². The van der Waals surface area contributed by atoms with E-state index in [1.165, 1.54) is 29.3 Å². The second-order valence-electron chi connectivity index (χ2n) is 6.87. The summed E-state index contributed by atoms with van der Waals surface area (Å²) >= 11 is 0. The van der Waals surface area contributed by atoms with Gasteiger partial charge in [-0.2, -0.15) is 8.78 Å². The molecule has 28 heavy (non-hydrogen) atoms. The van der Waals surface area contributed by atoms with Crippen LogP contribution in [0.3, 0.4) is 0 Å². The van der Waals surface area contributed by atoms with Crippen LogP contribution in [0, 0.1) is 6.92 Å². The van der Waals surface area contributed by atoms with E-state index in [0.717, 1.165) is 25.2 Å². The number of nitrogens with zero attached hydrogens (tertiary/aromatic N) is 2. The predicted molar refractivity (Wildman–Crippen MR) is 105 cm³/mol. The van der Waals surface area contributed by atoms with Gasteiger partial charge in [0, 0.05) is 38.8 Å². The number of halogens is 2. The number of carbonyl (C=O) groups excluding carboxylic acids is 1. The highest BCUT2D eigenvalue weighted by Crippen LogP contribution is 2.16. The van der Waals surface area contributed by atoms with Gasteiger partial charge in [-0.05, 0) is 36.3 Å². The molecule has 0 atom stereocenters. The molecule has 1 aliphatic rings. The van der Waals surface area contributed by atoms with Crippen molar-refractivity contribution in [2.75, 3.05) is 26.2 Å². The van der Waals surface area contributed by atoms with E-state index in [2.05, 4.69) is 40.8 Å². The van der Waals surface area contributed by atoms with Crippen LogP contribution in [-0.2, 0) is 11.3 Å². The van der Waals surface area contributed by atoms with Gasteiger partial charge in [-0.3, -0.25) is 9.69 Å². The van der Waals surface area contributed by atoms with E-state index in [1.807, 2.05) is 4.90 Å². The summed E-state index contributed by atoms with van der Waals surface area (Å²) in [6.07, 6.45) is 3.22. The van der Waals surface area contributed by atoms with Gasteiger partial charge in [0.15, 0.2) is 0 Å². The van der Waals surface area contributed by atoms with Gasteiger partial charge in [-0.25, -0.2) is 0 Å². The first kappa shape index (κ1) is 20.0. The average Bonchev–Trinajstić information content (AvgIpc) is 2.67. The van der Waals surface area contributed by atoms with Crippen LogP contribution in [-0.4, -0.2) is 48.5 Å². The highest BCUT2D eigenvalue weighted by atomic mass is 19.3. The van der Waals surface area contributed by atoms with Crippen molar-refractivity contribution in [1.82, 2.24) is 9.80 Å². The van der Waals surface area contributed by atoms with Crippen LogP contribution in [0.2, 0.25) is 0 Å². The molecule has 148 valence electrons. The lowest BCUT2D eigenvalue weighted by Crippen LogP contribution is -2.47. The van der Waals surface area contributed by atoms with Gasteiger partial charge < -0.3 is 9.64 Å². The van der Waals surface area contributed by atoms with Gasteiger partial charge in [0.1, 0.15) is 5.75 Å². The molecule has 0 saturated carbocycles. The fourth-order valence-corrected chi connectivity index (χ4v) is 3.23. The van der Waals surface area contributed by atoms with Crippen molar-refractivity contribution in [2.45, 2.75) is 20.1 Å². The summed E-state index contributed by atoms with van der Waals surface area (Å²) in [6, 6.07) is 14.7. The van der Waals surface area contributed by atoms with Crippen molar-refractivity contribution < 1.29 is 18.3 Å². The lowest BCUT2D eigenvalue weighted by molar-refractivity contribution is -0.127. The van der Waals surface area contributed by atoms with Crippen LogP contribution in [0.5, 0.6) is 5.75 Å². The van der Waals surface area contributed by atoms with E-state index in [4.69, 9.17) is 0 Å². The molecule has 1 fully saturated rings. The number of carbonyl (C=O) groups is 1. The molecule has 3 rings (SSSR count). The molecule has 4 nitrogen and oxygen atoms in total. The maximum atomic E-state index is 12.4. The molecule has 1 aliphatic heterocycles. The van der Waals surface area contributed by atoms with Crippen LogP contribution >= 0.6 is 0 Å². The Kier molecular flexibility index (Phi) is 6.76. The second kappa shape index (κ2) is 9.46. The van der Waals surface area contributed by atoms with Crippen LogP contribution < -0.4 is 4.74 Å². The zero-order valence-electron chi connectivity index (χ0n) is 15.9. The number of alkyl halides is 2. The zero-order chi connectivity index (χ0) is 19.9. The maximum absolute atomic E-state index is 12.4. The third-order valence-electron chi connectivity index (χ3n) is 4.70. The fourth-order valence-electron chi connectivity index (χ4n) is 3.23. The molecule has 0 aromatic heterocycles. The summed E-state index contributed by atoms with van der Waals surface area (Å²) in [5.41, 5.74) is 3.30. The summed E-state index contributed by atoms with van der Waals surface area (Å²) in [5, 5.41) is 0. The molecule has 0 spiro atoms. The first-order chi connectivity index (χ1) is 13.5. The summed E-state index contributed by atoms with van der Waals surface area (Å²) < 4.78 is 28.6. The molecule has 1 saturated heterocycles.